The van der Waals surface area contributed by atoms with E-state index in [1.54, 1.807) is 38.5 Å². The molecule has 3 unspecified atom stereocenters. The number of thioether (sulfide) groups is 1. The van der Waals surface area contributed by atoms with Crippen LogP contribution in [-0.4, -0.2) is 23.1 Å². The molecule has 0 amide bonds. The predicted molar refractivity (Wildman–Crippen MR) is 83.5 cm³/mol. The lowest BCUT2D eigenvalue weighted by atomic mass is 9.48. The first-order chi connectivity index (χ1) is 9.14. The van der Waals surface area contributed by atoms with Crippen LogP contribution < -0.4 is 5.32 Å². The summed E-state index contributed by atoms with van der Waals surface area (Å²) < 4.78 is 0. The predicted octanol–water partition coefficient (Wildman–Crippen LogP) is 4.07. The molecule has 108 valence electrons. The molecule has 0 radical (unpaired) electrons. The minimum atomic E-state index is 0.682. The van der Waals surface area contributed by atoms with Gasteiger partial charge in [-0.3, -0.25) is 0 Å². The van der Waals surface area contributed by atoms with Crippen molar-refractivity contribution in [3.8, 4) is 0 Å². The zero-order valence-electron chi connectivity index (χ0n) is 12.5. The second-order valence-corrected chi connectivity index (χ2v) is 9.62. The molecule has 5 fully saturated rings. The number of hydrogen-bond donors (Lipinski definition) is 1. The Morgan fingerprint density at radius 3 is 2.11 bits per heavy atom. The average molecular weight is 279 g/mol. The van der Waals surface area contributed by atoms with Crippen LogP contribution in [0.15, 0.2) is 0 Å². The summed E-state index contributed by atoms with van der Waals surface area (Å²) in [7, 11) is 0. The van der Waals surface area contributed by atoms with E-state index < -0.39 is 0 Å². The summed E-state index contributed by atoms with van der Waals surface area (Å²) in [6.07, 6.45) is 10.7. The van der Waals surface area contributed by atoms with E-state index in [4.69, 9.17) is 0 Å². The van der Waals surface area contributed by atoms with Gasteiger partial charge in [-0.2, -0.15) is 11.8 Å². The highest BCUT2D eigenvalue weighted by atomic mass is 32.2. The molecular weight excluding hydrogens is 250 g/mol. The van der Waals surface area contributed by atoms with Crippen molar-refractivity contribution < 1.29 is 0 Å². The molecule has 0 aromatic heterocycles. The Balaban J connectivity index is 1.48. The van der Waals surface area contributed by atoms with E-state index in [1.807, 2.05) is 0 Å². The molecule has 1 aliphatic heterocycles. The van der Waals surface area contributed by atoms with Crippen LogP contribution in [0.1, 0.15) is 58.8 Å². The van der Waals surface area contributed by atoms with Crippen LogP contribution in [0.3, 0.4) is 0 Å². The van der Waals surface area contributed by atoms with Crippen LogP contribution in [0.2, 0.25) is 0 Å². The highest BCUT2D eigenvalue weighted by molar-refractivity contribution is 8.00. The van der Waals surface area contributed by atoms with Gasteiger partial charge < -0.3 is 5.32 Å². The summed E-state index contributed by atoms with van der Waals surface area (Å²) in [5, 5.41) is 4.89. The summed E-state index contributed by atoms with van der Waals surface area (Å²) in [6, 6.07) is 1.54. The molecule has 2 heteroatoms. The third-order valence-electron chi connectivity index (χ3n) is 6.84. The van der Waals surface area contributed by atoms with Crippen molar-refractivity contribution >= 4 is 11.8 Å². The number of hydrogen-bond acceptors (Lipinski definition) is 2. The van der Waals surface area contributed by atoms with Crippen LogP contribution in [-0.2, 0) is 0 Å². The van der Waals surface area contributed by atoms with Crippen LogP contribution in [0.25, 0.3) is 0 Å². The maximum Gasteiger partial charge on any atom is 0.0194 e. The molecule has 3 atom stereocenters. The Kier molecular flexibility index (Phi) is 3.19. The number of rotatable bonds is 3. The second-order valence-electron chi connectivity index (χ2n) is 8.14. The molecule has 5 rings (SSSR count). The lowest BCUT2D eigenvalue weighted by Gasteiger charge is -2.59. The molecule has 1 N–H and O–H groups in total. The highest BCUT2D eigenvalue weighted by Gasteiger charge is 2.53. The molecule has 4 bridgehead atoms. The fourth-order valence-corrected chi connectivity index (χ4v) is 7.37. The van der Waals surface area contributed by atoms with Crippen molar-refractivity contribution in [1.82, 2.24) is 5.32 Å². The van der Waals surface area contributed by atoms with Crippen LogP contribution in [0, 0.1) is 23.2 Å². The van der Waals surface area contributed by atoms with E-state index in [0.29, 0.717) is 5.41 Å². The van der Waals surface area contributed by atoms with E-state index in [1.165, 1.54) is 12.2 Å². The van der Waals surface area contributed by atoms with Crippen molar-refractivity contribution in [3.63, 3.8) is 0 Å². The summed E-state index contributed by atoms with van der Waals surface area (Å²) in [4.78, 5) is 0. The molecule has 1 saturated heterocycles. The Morgan fingerprint density at radius 2 is 1.63 bits per heavy atom. The summed E-state index contributed by atoms with van der Waals surface area (Å²) >= 11 is 2.16. The highest BCUT2D eigenvalue weighted by Crippen LogP contribution is 2.61. The first kappa shape index (κ1) is 13.0. The third kappa shape index (κ3) is 2.18. The Morgan fingerprint density at radius 1 is 1.05 bits per heavy atom. The molecule has 1 heterocycles. The molecule has 4 aliphatic carbocycles. The first-order valence-electron chi connectivity index (χ1n) is 8.52. The minimum Gasteiger partial charge on any atom is -0.310 e. The second kappa shape index (κ2) is 4.66. The maximum atomic E-state index is 4.06. The number of nitrogens with one attached hydrogen (secondary N) is 1. The molecular formula is C17H29NS. The van der Waals surface area contributed by atoms with E-state index >= 15 is 0 Å². The molecule has 0 aromatic rings. The summed E-state index contributed by atoms with van der Waals surface area (Å²) in [6.45, 7) is 4.94. The van der Waals surface area contributed by atoms with E-state index in [-0.39, 0.29) is 0 Å². The van der Waals surface area contributed by atoms with Gasteiger partial charge in [0.25, 0.3) is 0 Å². The lowest BCUT2D eigenvalue weighted by Crippen LogP contribution is -2.57. The van der Waals surface area contributed by atoms with Gasteiger partial charge in [-0.15, -0.1) is 0 Å². The smallest absolute Gasteiger partial charge is 0.0194 e. The van der Waals surface area contributed by atoms with E-state index in [2.05, 4.69) is 30.9 Å². The van der Waals surface area contributed by atoms with Crippen LogP contribution >= 0.6 is 11.8 Å². The Labute approximate surface area is 122 Å². The molecule has 4 saturated carbocycles. The third-order valence-corrected chi connectivity index (χ3v) is 8.17. The van der Waals surface area contributed by atoms with Gasteiger partial charge in [-0.05, 0) is 80.8 Å². The van der Waals surface area contributed by atoms with Crippen molar-refractivity contribution in [2.45, 2.75) is 76.1 Å². The summed E-state index contributed by atoms with van der Waals surface area (Å²) in [5.41, 5.74) is 0.682. The summed E-state index contributed by atoms with van der Waals surface area (Å²) in [5.74, 6) is 4.63. The first-order valence-corrected chi connectivity index (χ1v) is 9.57. The Hall–Kier alpha value is 0.310. The van der Waals surface area contributed by atoms with Crippen LogP contribution in [0.4, 0.5) is 0 Å². The van der Waals surface area contributed by atoms with Crippen LogP contribution in [0.5, 0.6) is 0 Å². The quantitative estimate of drug-likeness (QED) is 0.835. The Bertz CT molecular complexity index is 318. The largest absolute Gasteiger partial charge is 0.310 e. The van der Waals surface area contributed by atoms with Crippen molar-refractivity contribution in [3.05, 3.63) is 0 Å². The normalized spacial score (nSPS) is 53.7. The average Bonchev–Trinajstić information content (AvgIpc) is 2.73. The maximum absolute atomic E-state index is 4.06. The van der Waals surface area contributed by atoms with Gasteiger partial charge >= 0.3 is 0 Å². The fourth-order valence-electron chi connectivity index (χ4n) is 6.16. The fraction of sp³-hybridized carbons (Fsp3) is 1.00. The molecule has 0 aromatic carbocycles. The zero-order chi connectivity index (χ0) is 13.0. The van der Waals surface area contributed by atoms with Gasteiger partial charge in [0, 0.05) is 17.3 Å². The van der Waals surface area contributed by atoms with Crippen molar-refractivity contribution in [2.24, 2.45) is 23.2 Å². The lowest BCUT2D eigenvalue weighted by molar-refractivity contribution is -0.0720. The van der Waals surface area contributed by atoms with Gasteiger partial charge in [0.2, 0.25) is 0 Å². The SMILES string of the molecule is CC1SCCC1NC(C)C12CC3CC(CC(C3)C1)C2. The van der Waals surface area contributed by atoms with Crippen molar-refractivity contribution in [2.75, 3.05) is 5.75 Å². The van der Waals surface area contributed by atoms with Gasteiger partial charge in [-0.25, -0.2) is 0 Å². The monoisotopic (exact) mass is 279 g/mol. The van der Waals surface area contributed by atoms with Gasteiger partial charge in [0.15, 0.2) is 0 Å². The van der Waals surface area contributed by atoms with Gasteiger partial charge in [-0.1, -0.05) is 6.92 Å². The standard InChI is InChI=1S/C17H29NS/c1-11-16(3-4-19-11)18-12(2)17-8-13-5-14(9-17)7-15(6-13)10-17/h11-16,18H,3-10H2,1-2H3. The van der Waals surface area contributed by atoms with Gasteiger partial charge in [0.1, 0.15) is 0 Å². The molecule has 0 spiro atoms. The van der Waals surface area contributed by atoms with Crippen molar-refractivity contribution in [1.29, 1.82) is 0 Å². The topological polar surface area (TPSA) is 12.0 Å². The molecule has 19 heavy (non-hydrogen) atoms. The molecule has 1 nitrogen and oxygen atoms in total. The zero-order valence-corrected chi connectivity index (χ0v) is 13.3. The molecule has 5 aliphatic rings. The van der Waals surface area contributed by atoms with Gasteiger partial charge in [0.05, 0.1) is 0 Å². The minimum absolute atomic E-state index is 0.682. The van der Waals surface area contributed by atoms with E-state index in [0.717, 1.165) is 35.1 Å². The van der Waals surface area contributed by atoms with E-state index in [9.17, 15) is 0 Å².